The van der Waals surface area contributed by atoms with Gasteiger partial charge in [0, 0.05) is 30.7 Å². The molecular formula is C28H33BrN2O3. The molecule has 1 amide bonds. The van der Waals surface area contributed by atoms with E-state index in [-0.39, 0.29) is 12.0 Å². The maximum Gasteiger partial charge on any atom is 0.237 e. The number of nitrogens with zero attached hydrogens (tertiary/aromatic N) is 2. The van der Waals surface area contributed by atoms with Gasteiger partial charge in [-0.2, -0.15) is 0 Å². The van der Waals surface area contributed by atoms with Crippen LogP contribution in [0.25, 0.3) is 0 Å². The summed E-state index contributed by atoms with van der Waals surface area (Å²) in [5.41, 5.74) is 2.41. The third-order valence-electron chi connectivity index (χ3n) is 6.17. The normalized spacial score (nSPS) is 15.7. The third kappa shape index (κ3) is 7.55. The number of hydrogen-bond acceptors (Lipinski definition) is 4. The minimum Gasteiger partial charge on any atom is -0.464 e. The summed E-state index contributed by atoms with van der Waals surface area (Å²) in [6, 6.07) is 22.5. The van der Waals surface area contributed by atoms with E-state index in [9.17, 15) is 4.79 Å². The number of aryl methyl sites for hydroxylation is 1. The molecule has 2 heterocycles. The summed E-state index contributed by atoms with van der Waals surface area (Å²) >= 11 is 3.51. The van der Waals surface area contributed by atoms with Gasteiger partial charge in [0.1, 0.15) is 11.5 Å². The van der Waals surface area contributed by atoms with Gasteiger partial charge in [0.2, 0.25) is 5.91 Å². The molecule has 0 saturated carbocycles. The Bertz CT molecular complexity index is 1030. The van der Waals surface area contributed by atoms with Gasteiger partial charge < -0.3 is 14.1 Å². The van der Waals surface area contributed by atoms with Gasteiger partial charge in [0.15, 0.2) is 0 Å². The van der Waals surface area contributed by atoms with Crippen LogP contribution in [0.4, 0.5) is 0 Å². The van der Waals surface area contributed by atoms with E-state index in [0.717, 1.165) is 48.4 Å². The van der Waals surface area contributed by atoms with Gasteiger partial charge in [-0.05, 0) is 61.6 Å². The molecule has 0 radical (unpaired) electrons. The molecule has 1 saturated heterocycles. The van der Waals surface area contributed by atoms with Crippen LogP contribution >= 0.6 is 15.9 Å². The number of rotatable bonds is 11. The quantitative estimate of drug-likeness (QED) is 0.327. The van der Waals surface area contributed by atoms with Crippen LogP contribution in [0.2, 0.25) is 0 Å². The molecule has 1 aliphatic heterocycles. The number of benzene rings is 2. The maximum absolute atomic E-state index is 13.6. The smallest absolute Gasteiger partial charge is 0.237 e. The SMILES string of the molecule is Cc1ccc(CN(CCc2ccccc2)C(=O)CN(Cc2ccc(Br)cc2)CC2CCCO2)o1. The average molecular weight is 525 g/mol. The van der Waals surface area contributed by atoms with E-state index in [1.54, 1.807) is 0 Å². The van der Waals surface area contributed by atoms with Crippen LogP contribution in [0.3, 0.4) is 0 Å². The highest BCUT2D eigenvalue weighted by molar-refractivity contribution is 9.10. The van der Waals surface area contributed by atoms with E-state index in [1.165, 1.54) is 11.1 Å². The predicted molar refractivity (Wildman–Crippen MR) is 137 cm³/mol. The minimum absolute atomic E-state index is 0.111. The largest absolute Gasteiger partial charge is 0.464 e. The van der Waals surface area contributed by atoms with E-state index in [4.69, 9.17) is 9.15 Å². The van der Waals surface area contributed by atoms with Crippen molar-refractivity contribution < 1.29 is 13.9 Å². The van der Waals surface area contributed by atoms with Gasteiger partial charge in [-0.15, -0.1) is 0 Å². The Labute approximate surface area is 210 Å². The molecule has 180 valence electrons. The number of carbonyl (C=O) groups is 1. The molecule has 0 N–H and O–H groups in total. The van der Waals surface area contributed by atoms with E-state index in [2.05, 4.69) is 45.1 Å². The van der Waals surface area contributed by atoms with Gasteiger partial charge in [-0.25, -0.2) is 0 Å². The summed E-state index contributed by atoms with van der Waals surface area (Å²) in [7, 11) is 0. The standard InChI is InChI=1S/C28H33BrN2O3/c1-22-9-14-27(34-22)20-31(16-15-23-6-3-2-4-7-23)28(32)21-30(19-26-8-5-17-33-26)18-24-10-12-25(29)13-11-24/h2-4,6-7,9-14,26H,5,8,15-21H2,1H3. The van der Waals surface area contributed by atoms with E-state index >= 15 is 0 Å². The first-order valence-electron chi connectivity index (χ1n) is 12.0. The van der Waals surface area contributed by atoms with E-state index in [0.29, 0.717) is 26.2 Å². The minimum atomic E-state index is 0.111. The third-order valence-corrected chi connectivity index (χ3v) is 6.70. The highest BCUT2D eigenvalue weighted by atomic mass is 79.9. The topological polar surface area (TPSA) is 45.9 Å². The average Bonchev–Trinajstić information content (AvgIpc) is 3.50. The number of halogens is 1. The zero-order chi connectivity index (χ0) is 23.8. The van der Waals surface area contributed by atoms with Crippen molar-refractivity contribution in [1.29, 1.82) is 0 Å². The fourth-order valence-electron chi connectivity index (χ4n) is 4.36. The molecule has 6 heteroatoms. The van der Waals surface area contributed by atoms with Crippen LogP contribution in [0.15, 0.2) is 75.6 Å². The first-order valence-corrected chi connectivity index (χ1v) is 12.8. The summed E-state index contributed by atoms with van der Waals surface area (Å²) < 4.78 is 12.8. The Morgan fingerprint density at radius 1 is 1.00 bits per heavy atom. The van der Waals surface area contributed by atoms with Crippen molar-refractivity contribution in [2.24, 2.45) is 0 Å². The molecule has 3 aromatic rings. The molecule has 0 aliphatic carbocycles. The second kappa shape index (κ2) is 12.3. The van der Waals surface area contributed by atoms with Crippen LogP contribution in [0, 0.1) is 6.92 Å². The highest BCUT2D eigenvalue weighted by Gasteiger charge is 2.24. The van der Waals surface area contributed by atoms with Gasteiger partial charge >= 0.3 is 0 Å². The Kier molecular flexibility index (Phi) is 8.97. The Morgan fingerprint density at radius 3 is 2.47 bits per heavy atom. The fourth-order valence-corrected chi connectivity index (χ4v) is 4.62. The molecule has 5 nitrogen and oxygen atoms in total. The molecule has 2 aromatic carbocycles. The second-order valence-corrected chi connectivity index (χ2v) is 9.91. The Morgan fingerprint density at radius 2 is 1.79 bits per heavy atom. The van der Waals surface area contributed by atoms with Gasteiger partial charge in [0.05, 0.1) is 19.2 Å². The first kappa shape index (κ1) is 24.7. The summed E-state index contributed by atoms with van der Waals surface area (Å²) in [6.07, 6.45) is 3.14. The van der Waals surface area contributed by atoms with Crippen LogP contribution in [0.1, 0.15) is 35.5 Å². The number of ether oxygens (including phenoxy) is 1. The summed E-state index contributed by atoms with van der Waals surface area (Å²) in [5, 5.41) is 0. The maximum atomic E-state index is 13.6. The van der Waals surface area contributed by atoms with Crippen molar-refractivity contribution in [3.63, 3.8) is 0 Å². The Balaban J connectivity index is 1.46. The molecule has 1 fully saturated rings. The van der Waals surface area contributed by atoms with Crippen molar-refractivity contribution >= 4 is 21.8 Å². The van der Waals surface area contributed by atoms with Crippen molar-refractivity contribution in [3.05, 3.63) is 93.9 Å². The van der Waals surface area contributed by atoms with Gasteiger partial charge in [-0.1, -0.05) is 58.4 Å². The van der Waals surface area contributed by atoms with Crippen molar-refractivity contribution in [2.45, 2.75) is 45.4 Å². The molecule has 0 spiro atoms. The lowest BCUT2D eigenvalue weighted by atomic mass is 10.1. The number of furan rings is 1. The number of amides is 1. The lowest BCUT2D eigenvalue weighted by molar-refractivity contribution is -0.133. The molecule has 4 rings (SSSR count). The molecular weight excluding hydrogens is 492 g/mol. The predicted octanol–water partition coefficient (Wildman–Crippen LogP) is 5.60. The first-order chi connectivity index (χ1) is 16.5. The number of hydrogen-bond donors (Lipinski definition) is 0. The molecule has 1 aliphatic rings. The van der Waals surface area contributed by atoms with Crippen LogP contribution in [-0.2, 0) is 29.0 Å². The molecule has 1 atom stereocenters. The van der Waals surface area contributed by atoms with E-state index < -0.39 is 0 Å². The van der Waals surface area contributed by atoms with Crippen LogP contribution < -0.4 is 0 Å². The number of carbonyl (C=O) groups excluding carboxylic acids is 1. The van der Waals surface area contributed by atoms with Gasteiger partial charge in [-0.3, -0.25) is 9.69 Å². The summed E-state index contributed by atoms with van der Waals surface area (Å²) in [5.74, 6) is 1.79. The molecule has 0 bridgehead atoms. The Hall–Kier alpha value is -2.41. The monoisotopic (exact) mass is 524 g/mol. The highest BCUT2D eigenvalue weighted by Crippen LogP contribution is 2.18. The molecule has 34 heavy (non-hydrogen) atoms. The zero-order valence-electron chi connectivity index (χ0n) is 19.8. The molecule has 1 unspecified atom stereocenters. The summed E-state index contributed by atoms with van der Waals surface area (Å²) in [4.78, 5) is 17.8. The van der Waals surface area contributed by atoms with E-state index in [1.807, 2.05) is 54.3 Å². The zero-order valence-corrected chi connectivity index (χ0v) is 21.4. The second-order valence-electron chi connectivity index (χ2n) is 8.99. The fraction of sp³-hybridized carbons (Fsp3) is 0.393. The van der Waals surface area contributed by atoms with Crippen molar-refractivity contribution in [3.8, 4) is 0 Å². The summed E-state index contributed by atoms with van der Waals surface area (Å²) in [6.45, 7) is 5.69. The lowest BCUT2D eigenvalue weighted by Gasteiger charge is -2.29. The van der Waals surface area contributed by atoms with Crippen molar-refractivity contribution in [1.82, 2.24) is 9.80 Å². The van der Waals surface area contributed by atoms with Crippen molar-refractivity contribution in [2.75, 3.05) is 26.2 Å². The van der Waals surface area contributed by atoms with Crippen LogP contribution in [0.5, 0.6) is 0 Å². The molecule has 1 aromatic heterocycles. The van der Waals surface area contributed by atoms with Crippen LogP contribution in [-0.4, -0.2) is 48.1 Å². The van der Waals surface area contributed by atoms with Gasteiger partial charge in [0.25, 0.3) is 0 Å². The lowest BCUT2D eigenvalue weighted by Crippen LogP contribution is -2.43.